The normalized spacial score (nSPS) is 11.1. The lowest BCUT2D eigenvalue weighted by Crippen LogP contribution is -2.12. The summed E-state index contributed by atoms with van der Waals surface area (Å²) in [5.74, 6) is 1.73. The summed E-state index contributed by atoms with van der Waals surface area (Å²) in [5, 5.41) is 11.7. The predicted molar refractivity (Wildman–Crippen MR) is 78.2 cm³/mol. The highest BCUT2D eigenvalue weighted by atomic mass is 32.2. The van der Waals surface area contributed by atoms with Gasteiger partial charge < -0.3 is 4.42 Å². The lowest BCUT2D eigenvalue weighted by Gasteiger charge is -2.01. The van der Waals surface area contributed by atoms with Gasteiger partial charge in [-0.2, -0.15) is 5.26 Å². The Morgan fingerprint density at radius 3 is 2.53 bits per heavy atom. The standard InChI is InChI=1S/C14H13N3OS/c1-10-3-8-13(18-10)11-4-6-12(7-5-11)17-14(19-2)16-9-15/h3-8H,1-2H3,(H,16,17). The minimum absolute atomic E-state index is 0.573. The Labute approximate surface area is 116 Å². The van der Waals surface area contributed by atoms with Crippen molar-refractivity contribution in [1.82, 2.24) is 5.32 Å². The van der Waals surface area contributed by atoms with E-state index in [1.165, 1.54) is 11.8 Å². The average molecular weight is 271 g/mol. The zero-order valence-electron chi connectivity index (χ0n) is 10.7. The molecule has 1 heterocycles. The van der Waals surface area contributed by atoms with E-state index in [1.54, 1.807) is 0 Å². The Morgan fingerprint density at radius 2 is 2.00 bits per heavy atom. The highest BCUT2D eigenvalue weighted by molar-refractivity contribution is 8.13. The highest BCUT2D eigenvalue weighted by Crippen LogP contribution is 2.24. The number of furan rings is 1. The van der Waals surface area contributed by atoms with E-state index in [4.69, 9.17) is 9.68 Å². The number of aliphatic imine (C=N–C) groups is 1. The molecule has 0 atom stereocenters. The van der Waals surface area contributed by atoms with E-state index >= 15 is 0 Å². The van der Waals surface area contributed by atoms with Crippen LogP contribution in [0.2, 0.25) is 0 Å². The maximum Gasteiger partial charge on any atom is 0.183 e. The number of hydrogen-bond donors (Lipinski definition) is 1. The minimum atomic E-state index is 0.573. The summed E-state index contributed by atoms with van der Waals surface area (Å²) in [4.78, 5) is 4.32. The summed E-state index contributed by atoms with van der Waals surface area (Å²) in [6.45, 7) is 1.92. The maximum atomic E-state index is 8.57. The number of rotatable bonds is 2. The molecule has 2 rings (SSSR count). The lowest BCUT2D eigenvalue weighted by atomic mass is 10.1. The first-order chi connectivity index (χ1) is 9.22. The van der Waals surface area contributed by atoms with Crippen molar-refractivity contribution in [1.29, 1.82) is 5.26 Å². The summed E-state index contributed by atoms with van der Waals surface area (Å²) in [6.07, 6.45) is 3.73. The van der Waals surface area contributed by atoms with E-state index < -0.39 is 0 Å². The van der Waals surface area contributed by atoms with Crippen LogP contribution in [0, 0.1) is 18.4 Å². The number of nitriles is 1. The van der Waals surface area contributed by atoms with Gasteiger partial charge in [0.25, 0.3) is 0 Å². The molecule has 2 aromatic rings. The second-order valence-electron chi connectivity index (χ2n) is 3.82. The van der Waals surface area contributed by atoms with Crippen molar-refractivity contribution in [3.63, 3.8) is 0 Å². The van der Waals surface area contributed by atoms with E-state index in [2.05, 4.69) is 10.3 Å². The highest BCUT2D eigenvalue weighted by Gasteiger charge is 2.02. The molecule has 0 amide bonds. The molecule has 96 valence electrons. The monoisotopic (exact) mass is 271 g/mol. The molecule has 5 heteroatoms. The largest absolute Gasteiger partial charge is 0.461 e. The molecule has 4 nitrogen and oxygen atoms in total. The van der Waals surface area contributed by atoms with Gasteiger partial charge in [0.05, 0.1) is 5.69 Å². The zero-order chi connectivity index (χ0) is 13.7. The molecule has 0 unspecified atom stereocenters. The summed E-state index contributed by atoms with van der Waals surface area (Å²) in [6, 6.07) is 11.6. The number of benzene rings is 1. The second kappa shape index (κ2) is 6.12. The summed E-state index contributed by atoms with van der Waals surface area (Å²) in [5.41, 5.74) is 1.80. The van der Waals surface area contributed by atoms with Gasteiger partial charge in [-0.05, 0) is 49.6 Å². The van der Waals surface area contributed by atoms with Gasteiger partial charge in [0.2, 0.25) is 0 Å². The van der Waals surface area contributed by atoms with Crippen molar-refractivity contribution in [3.05, 3.63) is 42.2 Å². The molecular formula is C14H13N3OS. The van der Waals surface area contributed by atoms with Gasteiger partial charge in [-0.15, -0.1) is 0 Å². The van der Waals surface area contributed by atoms with Gasteiger partial charge in [0.1, 0.15) is 11.5 Å². The van der Waals surface area contributed by atoms with Gasteiger partial charge in [0.15, 0.2) is 11.4 Å². The van der Waals surface area contributed by atoms with Crippen LogP contribution in [-0.4, -0.2) is 11.4 Å². The number of hydrogen-bond acceptors (Lipinski definition) is 4. The molecule has 0 saturated carbocycles. The topological polar surface area (TPSA) is 61.3 Å². The Balaban J connectivity index is 2.21. The van der Waals surface area contributed by atoms with Crippen molar-refractivity contribution < 1.29 is 4.42 Å². The van der Waals surface area contributed by atoms with Crippen LogP contribution in [0.25, 0.3) is 11.3 Å². The minimum Gasteiger partial charge on any atom is -0.461 e. The van der Waals surface area contributed by atoms with Crippen molar-refractivity contribution in [2.75, 3.05) is 6.26 Å². The quantitative estimate of drug-likeness (QED) is 0.392. The van der Waals surface area contributed by atoms with Crippen molar-refractivity contribution in [2.45, 2.75) is 6.92 Å². The van der Waals surface area contributed by atoms with E-state index in [1.807, 2.05) is 55.8 Å². The molecule has 1 aromatic heterocycles. The van der Waals surface area contributed by atoms with Crippen LogP contribution in [0.15, 0.2) is 45.8 Å². The molecule has 0 radical (unpaired) electrons. The van der Waals surface area contributed by atoms with Crippen LogP contribution in [0.1, 0.15) is 5.76 Å². The van der Waals surface area contributed by atoms with Crippen LogP contribution in [0.3, 0.4) is 0 Å². The van der Waals surface area contributed by atoms with Crippen molar-refractivity contribution in [3.8, 4) is 17.5 Å². The van der Waals surface area contributed by atoms with Crippen LogP contribution in [-0.2, 0) is 0 Å². The predicted octanol–water partition coefficient (Wildman–Crippen LogP) is 3.68. The van der Waals surface area contributed by atoms with Crippen LogP contribution < -0.4 is 5.32 Å². The smallest absolute Gasteiger partial charge is 0.183 e. The molecule has 0 bridgehead atoms. The third-order valence-electron chi connectivity index (χ3n) is 2.48. The van der Waals surface area contributed by atoms with Crippen LogP contribution >= 0.6 is 11.8 Å². The van der Waals surface area contributed by atoms with Gasteiger partial charge in [-0.25, -0.2) is 4.99 Å². The summed E-state index contributed by atoms with van der Waals surface area (Å²) >= 11 is 1.39. The van der Waals surface area contributed by atoms with Gasteiger partial charge in [-0.3, -0.25) is 5.32 Å². The van der Waals surface area contributed by atoms with Crippen LogP contribution in [0.5, 0.6) is 0 Å². The van der Waals surface area contributed by atoms with E-state index in [9.17, 15) is 0 Å². The first kappa shape index (κ1) is 13.2. The number of nitrogens with one attached hydrogen (secondary N) is 1. The van der Waals surface area contributed by atoms with Gasteiger partial charge >= 0.3 is 0 Å². The Morgan fingerprint density at radius 1 is 1.26 bits per heavy atom. The number of amidine groups is 1. The molecule has 0 aliphatic rings. The molecule has 0 spiro atoms. The molecule has 1 N–H and O–H groups in total. The SMILES string of the molecule is CSC(=Nc1ccc(-c2ccc(C)o2)cc1)NC#N. The van der Waals surface area contributed by atoms with E-state index in [0.29, 0.717) is 5.17 Å². The maximum absolute atomic E-state index is 8.57. The fourth-order valence-corrected chi connectivity index (χ4v) is 1.92. The molecular weight excluding hydrogens is 258 g/mol. The molecule has 0 fully saturated rings. The molecule has 0 saturated heterocycles. The zero-order valence-corrected chi connectivity index (χ0v) is 11.5. The Kier molecular flexibility index (Phi) is 4.26. The molecule has 19 heavy (non-hydrogen) atoms. The number of aryl methyl sites for hydroxylation is 1. The summed E-state index contributed by atoms with van der Waals surface area (Å²) < 4.78 is 5.55. The third kappa shape index (κ3) is 3.39. The average Bonchev–Trinajstić information content (AvgIpc) is 2.86. The van der Waals surface area contributed by atoms with Crippen molar-refractivity contribution >= 4 is 22.6 Å². The van der Waals surface area contributed by atoms with Gasteiger partial charge in [-0.1, -0.05) is 11.8 Å². The fraction of sp³-hybridized carbons (Fsp3) is 0.143. The third-order valence-corrected chi connectivity index (χ3v) is 3.06. The summed E-state index contributed by atoms with van der Waals surface area (Å²) in [7, 11) is 0. The molecule has 0 aliphatic carbocycles. The Bertz CT molecular complexity index is 623. The number of thioether (sulfide) groups is 1. The first-order valence-corrected chi connectivity index (χ1v) is 6.90. The fourth-order valence-electron chi connectivity index (χ4n) is 1.58. The molecule has 0 aliphatic heterocycles. The van der Waals surface area contributed by atoms with Gasteiger partial charge in [0, 0.05) is 5.56 Å². The Hall–Kier alpha value is -2.19. The molecule has 1 aromatic carbocycles. The van der Waals surface area contributed by atoms with Crippen molar-refractivity contribution in [2.24, 2.45) is 4.99 Å². The van der Waals surface area contributed by atoms with E-state index in [-0.39, 0.29) is 0 Å². The lowest BCUT2D eigenvalue weighted by molar-refractivity contribution is 0.548. The number of nitrogens with zero attached hydrogens (tertiary/aromatic N) is 2. The van der Waals surface area contributed by atoms with Crippen LogP contribution in [0.4, 0.5) is 5.69 Å². The van der Waals surface area contributed by atoms with E-state index in [0.717, 1.165) is 22.8 Å². The second-order valence-corrected chi connectivity index (χ2v) is 4.61. The first-order valence-electron chi connectivity index (χ1n) is 5.67.